The van der Waals surface area contributed by atoms with Gasteiger partial charge in [0.2, 0.25) is 0 Å². The molecule has 0 bridgehead atoms. The Morgan fingerprint density at radius 3 is 2.36 bits per heavy atom. The van der Waals surface area contributed by atoms with Crippen LogP contribution >= 0.6 is 0 Å². The molecule has 3 atom stereocenters. The number of aliphatic carboxylic acids is 1. The second kappa shape index (κ2) is 12.2. The molecular weight excluding hydrogens is 454 g/mol. The van der Waals surface area contributed by atoms with Crippen LogP contribution in [0.4, 0.5) is 0 Å². The van der Waals surface area contributed by atoms with Gasteiger partial charge in [-0.15, -0.1) is 0 Å². The predicted octanol–water partition coefficient (Wildman–Crippen LogP) is 2.92. The van der Waals surface area contributed by atoms with Crippen molar-refractivity contribution in [1.29, 1.82) is 0 Å². The second-order valence-electron chi connectivity index (χ2n) is 10.0. The first-order valence-electron chi connectivity index (χ1n) is 12.6. The van der Waals surface area contributed by atoms with E-state index in [1.165, 1.54) is 11.3 Å². The molecule has 0 spiro atoms. The number of hydrogen-bond donors (Lipinski definition) is 2. The van der Waals surface area contributed by atoms with Crippen molar-refractivity contribution in [2.75, 3.05) is 34.9 Å². The van der Waals surface area contributed by atoms with Crippen LogP contribution in [0, 0.1) is 5.92 Å². The van der Waals surface area contributed by atoms with Crippen molar-refractivity contribution in [3.63, 3.8) is 0 Å². The van der Waals surface area contributed by atoms with Crippen molar-refractivity contribution >= 4 is 16.7 Å². The van der Waals surface area contributed by atoms with Gasteiger partial charge in [0.15, 0.2) is 0 Å². The van der Waals surface area contributed by atoms with Crippen LogP contribution < -0.4 is 19.5 Å². The molecule has 6 heteroatoms. The van der Waals surface area contributed by atoms with Gasteiger partial charge >= 0.3 is 0 Å². The van der Waals surface area contributed by atoms with Gasteiger partial charge in [0.1, 0.15) is 11.5 Å². The molecule has 3 aromatic carbocycles. The summed E-state index contributed by atoms with van der Waals surface area (Å²) in [7, 11) is 7.60. The predicted molar refractivity (Wildman–Crippen MR) is 140 cm³/mol. The summed E-state index contributed by atoms with van der Waals surface area (Å²) in [4.78, 5) is 12.2. The average molecular weight is 494 g/mol. The Morgan fingerprint density at radius 1 is 1.03 bits per heavy atom. The highest BCUT2D eigenvalue weighted by molar-refractivity contribution is 5.86. The summed E-state index contributed by atoms with van der Waals surface area (Å²) in [5, 5.41) is 24.0. The zero-order chi connectivity index (χ0) is 26.3. The van der Waals surface area contributed by atoms with Crippen molar-refractivity contribution in [2.24, 2.45) is 5.92 Å². The number of nitrogens with one attached hydrogen (secondary N) is 1. The van der Waals surface area contributed by atoms with E-state index in [2.05, 4.69) is 14.1 Å². The normalized spacial score (nSPS) is 20.4. The Bertz CT molecular complexity index is 1160. The zero-order valence-electron chi connectivity index (χ0n) is 22.0. The van der Waals surface area contributed by atoms with Gasteiger partial charge in [0.25, 0.3) is 0 Å². The number of carbonyl (C=O) groups excluding carboxylic acids is 1. The fourth-order valence-corrected chi connectivity index (χ4v) is 5.04. The first-order valence-corrected chi connectivity index (χ1v) is 12.6. The van der Waals surface area contributed by atoms with E-state index < -0.39 is 17.5 Å². The average Bonchev–Trinajstić information content (AvgIpc) is 2.89. The highest BCUT2D eigenvalue weighted by Crippen LogP contribution is 2.41. The maximum atomic E-state index is 11.2. The van der Waals surface area contributed by atoms with Gasteiger partial charge in [-0.25, -0.2) is 0 Å². The van der Waals surface area contributed by atoms with Gasteiger partial charge in [-0.3, -0.25) is 0 Å². The summed E-state index contributed by atoms with van der Waals surface area (Å²) in [6.45, 7) is 2.63. The molecule has 1 aliphatic carbocycles. The number of hydrogen-bond acceptors (Lipinski definition) is 5. The smallest absolute Gasteiger partial charge is 0.119 e. The summed E-state index contributed by atoms with van der Waals surface area (Å²) in [6, 6.07) is 19.2. The second-order valence-corrected chi connectivity index (χ2v) is 10.0. The minimum absolute atomic E-state index is 0.332. The summed E-state index contributed by atoms with van der Waals surface area (Å²) >= 11 is 0. The molecule has 3 aromatic rings. The lowest BCUT2D eigenvalue weighted by molar-refractivity contribution is -0.863. The molecule has 6 nitrogen and oxygen atoms in total. The van der Waals surface area contributed by atoms with Crippen molar-refractivity contribution in [2.45, 2.75) is 44.1 Å². The molecule has 0 saturated heterocycles. The molecule has 0 aliphatic heterocycles. The summed E-state index contributed by atoms with van der Waals surface area (Å²) in [5.41, 5.74) is 1.07. The Morgan fingerprint density at radius 2 is 1.69 bits per heavy atom. The molecular formula is C30H39NO5. The number of carboxylic acid groups (broad SMARTS) is 1. The third-order valence-corrected chi connectivity index (χ3v) is 7.19. The highest BCUT2D eigenvalue weighted by atomic mass is 16.5. The van der Waals surface area contributed by atoms with Crippen molar-refractivity contribution in [1.82, 2.24) is 0 Å². The van der Waals surface area contributed by atoms with Crippen LogP contribution in [0.3, 0.4) is 0 Å². The SMILES string of the molecule is COc1ccc2cc([C@H](C)C(=O)[O-])ccc2c1.COc1cccc([C@]2(O)CCCC[C@H]2C[NH+](C)C)c1. The lowest BCUT2D eigenvalue weighted by atomic mass is 9.71. The van der Waals surface area contributed by atoms with E-state index in [1.807, 2.05) is 60.7 Å². The van der Waals surface area contributed by atoms with Crippen LogP contribution in [-0.2, 0) is 10.4 Å². The molecule has 194 valence electrons. The monoisotopic (exact) mass is 493 g/mol. The fourth-order valence-electron chi connectivity index (χ4n) is 5.04. The van der Waals surface area contributed by atoms with Crippen LogP contribution in [-0.4, -0.2) is 45.9 Å². The Hall–Kier alpha value is -3.09. The number of quaternary nitrogens is 1. The standard InChI is InChI=1S/C16H25NO2.C14H14O3/c1-17(2)12-14-7-4-5-10-16(14,18)13-8-6-9-15(11-13)19-3;1-9(14(15)16)10-3-4-12-8-13(17-2)6-5-11(12)7-10/h6,8-9,11,14,18H,4-5,7,10,12H2,1-3H3;3-9H,1-2H3,(H,15,16)/t14-,16+;9-/m00/s1. The number of methoxy groups -OCH3 is 2. The number of aliphatic hydroxyl groups is 1. The van der Waals surface area contributed by atoms with Crippen LogP contribution in [0.5, 0.6) is 11.5 Å². The van der Waals surface area contributed by atoms with Gasteiger partial charge in [0.05, 0.1) is 40.5 Å². The van der Waals surface area contributed by atoms with Gasteiger partial charge in [-0.1, -0.05) is 56.2 Å². The molecule has 1 fully saturated rings. The van der Waals surface area contributed by atoms with E-state index in [9.17, 15) is 15.0 Å². The van der Waals surface area contributed by atoms with Crippen molar-refractivity contribution < 1.29 is 29.4 Å². The Balaban J connectivity index is 0.000000202. The zero-order valence-corrected chi connectivity index (χ0v) is 22.0. The van der Waals surface area contributed by atoms with E-state index in [0.717, 1.165) is 59.2 Å². The summed E-state index contributed by atoms with van der Waals surface area (Å²) < 4.78 is 10.4. The van der Waals surface area contributed by atoms with Crippen LogP contribution in [0.1, 0.15) is 49.7 Å². The number of benzene rings is 3. The van der Waals surface area contributed by atoms with Crippen LogP contribution in [0.25, 0.3) is 10.8 Å². The molecule has 36 heavy (non-hydrogen) atoms. The number of rotatable bonds is 7. The molecule has 2 N–H and O–H groups in total. The third-order valence-electron chi connectivity index (χ3n) is 7.19. The lowest BCUT2D eigenvalue weighted by Gasteiger charge is -2.40. The largest absolute Gasteiger partial charge is 0.550 e. The minimum Gasteiger partial charge on any atom is -0.550 e. The molecule has 0 aromatic heterocycles. The first-order chi connectivity index (χ1) is 17.2. The van der Waals surface area contributed by atoms with Crippen molar-refractivity contribution in [3.05, 3.63) is 71.8 Å². The van der Waals surface area contributed by atoms with Gasteiger partial charge in [0, 0.05) is 17.8 Å². The number of ether oxygens (including phenoxy) is 2. The number of carboxylic acids is 1. The van der Waals surface area contributed by atoms with E-state index in [-0.39, 0.29) is 0 Å². The molecule has 0 heterocycles. The minimum atomic E-state index is -1.06. The van der Waals surface area contributed by atoms with E-state index in [1.54, 1.807) is 21.1 Å². The maximum absolute atomic E-state index is 11.2. The van der Waals surface area contributed by atoms with Crippen LogP contribution in [0.15, 0.2) is 60.7 Å². The Kier molecular flexibility index (Phi) is 9.35. The topological polar surface area (TPSA) is 83.3 Å². The van der Waals surface area contributed by atoms with Gasteiger partial charge in [-0.05, 0) is 59.0 Å². The molecule has 1 saturated carbocycles. The maximum Gasteiger partial charge on any atom is 0.119 e. The van der Waals surface area contributed by atoms with E-state index >= 15 is 0 Å². The molecule has 4 rings (SSSR count). The lowest BCUT2D eigenvalue weighted by Crippen LogP contribution is -3.06. The molecule has 0 amide bonds. The van der Waals surface area contributed by atoms with Gasteiger partial charge in [-0.2, -0.15) is 0 Å². The first kappa shape index (κ1) is 27.5. The molecule has 0 unspecified atom stereocenters. The summed E-state index contributed by atoms with van der Waals surface area (Å²) in [6.07, 6.45) is 4.30. The molecule has 1 aliphatic rings. The summed E-state index contributed by atoms with van der Waals surface area (Å²) in [5.74, 6) is 0.295. The van der Waals surface area contributed by atoms with Crippen LogP contribution in [0.2, 0.25) is 0 Å². The van der Waals surface area contributed by atoms with E-state index in [0.29, 0.717) is 5.92 Å². The molecule has 0 radical (unpaired) electrons. The third kappa shape index (κ3) is 6.56. The number of carbonyl (C=O) groups is 1. The van der Waals surface area contributed by atoms with Gasteiger partial charge < -0.3 is 29.4 Å². The number of fused-ring (bicyclic) bond motifs is 1. The van der Waals surface area contributed by atoms with Crippen molar-refractivity contribution in [3.8, 4) is 11.5 Å². The Labute approximate surface area is 214 Å². The van der Waals surface area contributed by atoms with E-state index in [4.69, 9.17) is 9.47 Å². The quantitative estimate of drug-likeness (QED) is 0.529. The fraction of sp³-hybridized carbons (Fsp3) is 0.433. The highest BCUT2D eigenvalue weighted by Gasteiger charge is 2.41.